The number of rotatable bonds is 3. The van der Waals surface area contributed by atoms with Crippen molar-refractivity contribution in [2.45, 2.75) is 20.8 Å². The number of furan rings is 1. The number of allylic oxidation sites excluding steroid dienone is 2. The minimum Gasteiger partial charge on any atom is -0.449 e. The first-order chi connectivity index (χ1) is 11.2. The maximum absolute atomic E-state index is 12.2. The second kappa shape index (κ2) is 6.56. The summed E-state index contributed by atoms with van der Waals surface area (Å²) >= 11 is 12.2. The van der Waals surface area contributed by atoms with Gasteiger partial charge in [0, 0.05) is 6.92 Å². The lowest BCUT2D eigenvalue weighted by Crippen LogP contribution is -2.04. The Morgan fingerprint density at radius 2 is 1.88 bits per heavy atom. The molecule has 0 saturated heterocycles. The Hall–Kier alpha value is -2.49. The molecule has 0 radical (unpaired) electrons. The molecule has 0 aliphatic carbocycles. The van der Waals surface area contributed by atoms with Crippen LogP contribution in [-0.4, -0.2) is 11.8 Å². The molecule has 0 amide bonds. The fraction of sp³-hybridized carbons (Fsp3) is 0.188. The summed E-state index contributed by atoms with van der Waals surface area (Å²) in [5.74, 6) is -1.56. The van der Waals surface area contributed by atoms with Crippen LogP contribution in [0.1, 0.15) is 36.9 Å². The van der Waals surface area contributed by atoms with E-state index in [0.717, 1.165) is 12.5 Å². The number of hydrogen-bond donors (Lipinski definition) is 1. The van der Waals surface area contributed by atoms with Gasteiger partial charge < -0.3 is 14.9 Å². The second-order valence-electron chi connectivity index (χ2n) is 5.17. The highest BCUT2D eigenvalue weighted by Crippen LogP contribution is 2.46. The highest BCUT2D eigenvalue weighted by molar-refractivity contribution is 6.46. The van der Waals surface area contributed by atoms with Crippen molar-refractivity contribution < 1.29 is 18.7 Å². The van der Waals surface area contributed by atoms with Crippen LogP contribution in [0.15, 0.2) is 16.1 Å². The Morgan fingerprint density at radius 3 is 2.38 bits per heavy atom. The maximum atomic E-state index is 12.2. The van der Waals surface area contributed by atoms with Gasteiger partial charge in [0.2, 0.25) is 5.78 Å². The monoisotopic (exact) mass is 366 g/mol. The van der Waals surface area contributed by atoms with Crippen LogP contribution in [0.5, 0.6) is 5.75 Å². The zero-order chi connectivity index (χ0) is 18.2. The van der Waals surface area contributed by atoms with Crippen molar-refractivity contribution in [1.29, 1.82) is 5.26 Å². The van der Waals surface area contributed by atoms with Crippen molar-refractivity contribution >= 4 is 51.6 Å². The first-order valence-electron chi connectivity index (χ1n) is 6.69. The van der Waals surface area contributed by atoms with E-state index >= 15 is 0 Å². The van der Waals surface area contributed by atoms with E-state index in [2.05, 4.69) is 0 Å². The molecule has 1 aromatic carbocycles. The molecule has 124 valence electrons. The quantitative estimate of drug-likeness (QED) is 0.376. The number of nitrogens with zero attached hydrogens (tertiary/aromatic N) is 1. The fourth-order valence-electron chi connectivity index (χ4n) is 2.13. The summed E-state index contributed by atoms with van der Waals surface area (Å²) in [5, 5.41) is 9.22. The molecular formula is C16H12Cl2N2O4. The molecule has 0 saturated carbocycles. The number of esters is 1. The van der Waals surface area contributed by atoms with Crippen LogP contribution in [0.3, 0.4) is 0 Å². The van der Waals surface area contributed by atoms with Crippen molar-refractivity contribution in [3.8, 4) is 11.8 Å². The van der Waals surface area contributed by atoms with E-state index in [0.29, 0.717) is 0 Å². The lowest BCUT2D eigenvalue weighted by atomic mass is 10.1. The molecule has 0 spiro atoms. The molecule has 1 aromatic heterocycles. The Morgan fingerprint density at radius 1 is 1.25 bits per heavy atom. The zero-order valence-corrected chi connectivity index (χ0v) is 14.5. The summed E-state index contributed by atoms with van der Waals surface area (Å²) in [6.07, 6.45) is 1.34. The Balaban J connectivity index is 2.90. The molecular weight excluding hydrogens is 355 g/mol. The number of nitrogen functional groups attached to an aromatic ring is 1. The Labute approximate surface area is 147 Å². The third-order valence-corrected chi connectivity index (χ3v) is 3.83. The standard InChI is InChI=1S/C16H12Cl2N2O4/c1-6(2)4-9(22)15-13(20)10-8(5-19)14(23-7(3)21)11(17)12(18)16(10)24-15/h4H,20H2,1-3H3. The summed E-state index contributed by atoms with van der Waals surface area (Å²) in [6, 6.07) is 1.86. The molecule has 1 heterocycles. The number of nitriles is 1. The van der Waals surface area contributed by atoms with Gasteiger partial charge in [-0.25, -0.2) is 0 Å². The van der Waals surface area contributed by atoms with E-state index in [9.17, 15) is 14.9 Å². The molecule has 8 heteroatoms. The average Bonchev–Trinajstić information content (AvgIpc) is 2.82. The molecule has 0 atom stereocenters. The van der Waals surface area contributed by atoms with Crippen molar-refractivity contribution in [3.63, 3.8) is 0 Å². The van der Waals surface area contributed by atoms with Crippen LogP contribution in [0.2, 0.25) is 10.0 Å². The highest BCUT2D eigenvalue weighted by atomic mass is 35.5. The second-order valence-corrected chi connectivity index (χ2v) is 5.93. The van der Waals surface area contributed by atoms with E-state index in [-0.39, 0.29) is 43.8 Å². The predicted octanol–water partition coefficient (Wildman–Crippen LogP) is 4.27. The number of hydrogen-bond acceptors (Lipinski definition) is 6. The number of fused-ring (bicyclic) bond motifs is 1. The predicted molar refractivity (Wildman–Crippen MR) is 90.4 cm³/mol. The summed E-state index contributed by atoms with van der Waals surface area (Å²) in [6.45, 7) is 4.62. The van der Waals surface area contributed by atoms with Gasteiger partial charge >= 0.3 is 5.97 Å². The van der Waals surface area contributed by atoms with Crippen molar-refractivity contribution in [2.24, 2.45) is 0 Å². The number of nitrogens with two attached hydrogens (primary N) is 1. The van der Waals surface area contributed by atoms with Crippen molar-refractivity contribution in [2.75, 3.05) is 5.73 Å². The van der Waals surface area contributed by atoms with Crippen molar-refractivity contribution in [3.05, 3.63) is 33.0 Å². The van der Waals surface area contributed by atoms with Gasteiger partial charge in [-0.2, -0.15) is 5.26 Å². The van der Waals surface area contributed by atoms with Crippen LogP contribution >= 0.6 is 23.2 Å². The van der Waals surface area contributed by atoms with Gasteiger partial charge in [-0.05, 0) is 19.9 Å². The Kier molecular flexibility index (Phi) is 4.88. The smallest absolute Gasteiger partial charge is 0.308 e. The third-order valence-electron chi connectivity index (χ3n) is 3.01. The summed E-state index contributed by atoms with van der Waals surface area (Å²) in [7, 11) is 0. The Bertz CT molecular complexity index is 948. The van der Waals surface area contributed by atoms with E-state index in [1.807, 2.05) is 6.07 Å². The fourth-order valence-corrected chi connectivity index (χ4v) is 2.56. The molecule has 0 bridgehead atoms. The van der Waals surface area contributed by atoms with E-state index in [1.54, 1.807) is 13.8 Å². The minimum atomic E-state index is -0.688. The SMILES string of the molecule is CC(=O)Oc1c(Cl)c(Cl)c2oc(C(=O)C=C(C)C)c(N)c2c1C#N. The van der Waals surface area contributed by atoms with Crippen molar-refractivity contribution in [1.82, 2.24) is 0 Å². The molecule has 0 aliphatic heterocycles. The molecule has 24 heavy (non-hydrogen) atoms. The number of benzene rings is 1. The van der Waals surface area contributed by atoms with E-state index < -0.39 is 11.8 Å². The molecule has 2 rings (SSSR count). The lowest BCUT2D eigenvalue weighted by molar-refractivity contribution is -0.131. The van der Waals surface area contributed by atoms with Gasteiger partial charge in [-0.1, -0.05) is 28.8 Å². The molecule has 2 aromatic rings. The lowest BCUT2D eigenvalue weighted by Gasteiger charge is -2.08. The van der Waals surface area contributed by atoms with Gasteiger partial charge in [0.05, 0.1) is 11.1 Å². The van der Waals surface area contributed by atoms with Gasteiger partial charge in [-0.15, -0.1) is 0 Å². The zero-order valence-electron chi connectivity index (χ0n) is 13.0. The number of carbonyl (C=O) groups excluding carboxylic acids is 2. The van der Waals surface area contributed by atoms with E-state index in [1.165, 1.54) is 6.08 Å². The van der Waals surface area contributed by atoms with Crippen LogP contribution in [0, 0.1) is 11.3 Å². The first kappa shape index (κ1) is 17.9. The van der Waals surface area contributed by atoms with Crippen LogP contribution in [-0.2, 0) is 4.79 Å². The number of ketones is 1. The van der Waals surface area contributed by atoms with E-state index in [4.69, 9.17) is 38.1 Å². The summed E-state index contributed by atoms with van der Waals surface area (Å²) in [4.78, 5) is 23.5. The number of carbonyl (C=O) groups is 2. The number of anilines is 1. The normalized spacial score (nSPS) is 10.3. The van der Waals surface area contributed by atoms with Gasteiger partial charge in [-0.3, -0.25) is 9.59 Å². The largest absolute Gasteiger partial charge is 0.449 e. The van der Waals surface area contributed by atoms with Gasteiger partial charge in [0.1, 0.15) is 21.7 Å². The van der Waals surface area contributed by atoms with Crippen LogP contribution in [0.4, 0.5) is 5.69 Å². The summed E-state index contributed by atoms with van der Waals surface area (Å²) in [5.41, 5.74) is 6.49. The minimum absolute atomic E-state index is 0.0166. The molecule has 0 fully saturated rings. The summed E-state index contributed by atoms with van der Waals surface area (Å²) < 4.78 is 10.4. The maximum Gasteiger partial charge on any atom is 0.308 e. The topological polar surface area (TPSA) is 106 Å². The highest BCUT2D eigenvalue weighted by Gasteiger charge is 2.28. The molecule has 6 nitrogen and oxygen atoms in total. The molecule has 2 N–H and O–H groups in total. The first-order valence-corrected chi connectivity index (χ1v) is 7.45. The molecule has 0 unspecified atom stereocenters. The van der Waals surface area contributed by atoms with Gasteiger partial charge in [0.15, 0.2) is 17.1 Å². The third kappa shape index (κ3) is 2.96. The molecule has 0 aliphatic rings. The van der Waals surface area contributed by atoms with Crippen LogP contribution in [0.25, 0.3) is 11.0 Å². The van der Waals surface area contributed by atoms with Crippen LogP contribution < -0.4 is 10.5 Å². The van der Waals surface area contributed by atoms with Gasteiger partial charge in [0.25, 0.3) is 0 Å². The average molecular weight is 367 g/mol. The number of halogens is 2. The number of ether oxygens (including phenoxy) is 1.